The molecular weight excluding hydrogens is 829 g/mol. The van der Waals surface area contributed by atoms with E-state index in [0.29, 0.717) is 6.56 Å². The Bertz CT molecular complexity index is 2060. The molecule has 1 amide bonds. The van der Waals surface area contributed by atoms with E-state index in [-0.39, 0.29) is 47.4 Å². The molecule has 0 radical (unpaired) electrons. The molecule has 4 rings (SSSR count). The first-order valence-corrected chi connectivity index (χ1v) is 20.4. The number of esters is 3. The largest absolute Gasteiger partial charge is 0.519 e. The second-order valence-electron chi connectivity index (χ2n) is 14.0. The number of hydrogen-bond donors (Lipinski definition) is 3. The van der Waals surface area contributed by atoms with Crippen molar-refractivity contribution in [2.45, 2.75) is 105 Å². The van der Waals surface area contributed by atoms with Gasteiger partial charge in [0, 0.05) is 13.0 Å². The predicted octanol–water partition coefficient (Wildman–Crippen LogP) is 5.30. The van der Waals surface area contributed by atoms with Crippen LogP contribution in [0.2, 0.25) is 0 Å². The Hall–Kier alpha value is -4.97. The molecule has 19 nitrogen and oxygen atoms in total. The van der Waals surface area contributed by atoms with Gasteiger partial charge in [0.2, 0.25) is 5.60 Å². The van der Waals surface area contributed by atoms with Crippen LogP contribution in [-0.4, -0.2) is 78.5 Å². The summed E-state index contributed by atoms with van der Waals surface area (Å²) in [7, 11) is 0. The lowest BCUT2D eigenvalue weighted by atomic mass is 9.98. The molecular formula is C35H45FN5O14PS2. The van der Waals surface area contributed by atoms with E-state index in [1.807, 2.05) is 0 Å². The van der Waals surface area contributed by atoms with Crippen LogP contribution in [0.5, 0.6) is 0 Å². The maximum absolute atomic E-state index is 14.7. The SMILES string of the molecule is C#C[C@]1(COC(=O)C(C)C)O[C@@H](n2cnc3c(NC(=O)OC(C)(C)CC(=O)OCc4oc(=O)oc4C)nc(F)nc32)C[C@@H]1OC(=O)C(C)C.CC(C)C(=O)O.S=PS. The number of terminal acetylenes is 1. The van der Waals surface area contributed by atoms with Crippen LogP contribution < -0.4 is 11.1 Å². The van der Waals surface area contributed by atoms with Gasteiger partial charge >= 0.3 is 41.9 Å². The molecule has 2 N–H and O–H groups in total. The Morgan fingerprint density at radius 2 is 1.72 bits per heavy atom. The van der Waals surface area contributed by atoms with E-state index in [9.17, 15) is 33.2 Å². The summed E-state index contributed by atoms with van der Waals surface area (Å²) in [5, 5.41) is 10.3. The van der Waals surface area contributed by atoms with Gasteiger partial charge in [-0.05, 0) is 32.6 Å². The van der Waals surface area contributed by atoms with Crippen LogP contribution in [-0.2, 0) is 61.3 Å². The van der Waals surface area contributed by atoms with E-state index < -0.39 is 90.3 Å². The Morgan fingerprint density at radius 1 is 1.12 bits per heavy atom. The Labute approximate surface area is 344 Å². The number of carboxylic acids is 1. The highest BCUT2D eigenvalue weighted by Gasteiger charge is 2.52. The maximum atomic E-state index is 14.7. The average Bonchev–Trinajstić information content (AvgIpc) is 3.80. The smallest absolute Gasteiger partial charge is 0.481 e. The van der Waals surface area contributed by atoms with Crippen molar-refractivity contribution in [1.29, 1.82) is 0 Å². The van der Waals surface area contributed by atoms with Crippen LogP contribution in [0.3, 0.4) is 0 Å². The lowest BCUT2D eigenvalue weighted by Gasteiger charge is -2.29. The summed E-state index contributed by atoms with van der Waals surface area (Å²) in [6, 6.07) is 0. The van der Waals surface area contributed by atoms with Gasteiger partial charge in [-0.1, -0.05) is 47.5 Å². The van der Waals surface area contributed by atoms with E-state index in [4.69, 9.17) is 44.0 Å². The highest BCUT2D eigenvalue weighted by Crippen LogP contribution is 2.41. The van der Waals surface area contributed by atoms with Crippen molar-refractivity contribution >= 4 is 77.6 Å². The fraction of sp³-hybridized carbons (Fsp3) is 0.571. The van der Waals surface area contributed by atoms with Crippen LogP contribution >= 0.6 is 18.8 Å². The number of anilines is 1. The van der Waals surface area contributed by atoms with E-state index in [0.717, 1.165) is 0 Å². The van der Waals surface area contributed by atoms with Crippen molar-refractivity contribution in [3.63, 3.8) is 0 Å². The molecule has 318 valence electrons. The molecule has 0 aromatic carbocycles. The van der Waals surface area contributed by atoms with Gasteiger partial charge in [-0.3, -0.25) is 29.1 Å². The zero-order chi connectivity index (χ0) is 44.1. The van der Waals surface area contributed by atoms with Gasteiger partial charge in [0.25, 0.3) is 0 Å². The van der Waals surface area contributed by atoms with Crippen LogP contribution in [0.25, 0.3) is 11.2 Å². The van der Waals surface area contributed by atoms with Gasteiger partial charge in [-0.2, -0.15) is 14.4 Å². The minimum atomic E-state index is -1.70. The Morgan fingerprint density at radius 3 is 2.24 bits per heavy atom. The number of carboxylic acid groups (broad SMARTS) is 1. The number of hydrogen-bond acceptors (Lipinski definition) is 17. The lowest BCUT2D eigenvalue weighted by Crippen LogP contribution is -2.46. The van der Waals surface area contributed by atoms with E-state index in [1.165, 1.54) is 31.7 Å². The number of nitrogens with zero attached hydrogens (tertiary/aromatic N) is 4. The number of rotatable bonds is 13. The van der Waals surface area contributed by atoms with Gasteiger partial charge in [0.1, 0.15) is 24.5 Å². The van der Waals surface area contributed by atoms with Crippen molar-refractivity contribution in [2.24, 2.45) is 17.8 Å². The minimum absolute atomic E-state index is 0.0266. The molecule has 4 heterocycles. The Balaban J connectivity index is 0.00000116. The number of thiol groups is 1. The molecule has 3 aromatic rings. The van der Waals surface area contributed by atoms with Gasteiger partial charge in [0.15, 0.2) is 35.1 Å². The summed E-state index contributed by atoms with van der Waals surface area (Å²) in [4.78, 5) is 82.6. The second-order valence-corrected chi connectivity index (χ2v) is 16.1. The zero-order valence-electron chi connectivity index (χ0n) is 33.1. The summed E-state index contributed by atoms with van der Waals surface area (Å²) in [6.07, 6.45) is 2.15. The van der Waals surface area contributed by atoms with E-state index in [1.54, 1.807) is 41.5 Å². The summed E-state index contributed by atoms with van der Waals surface area (Å²) in [5.74, 6) is -2.54. The topological polar surface area (TPSA) is 251 Å². The van der Waals surface area contributed by atoms with Crippen LogP contribution in [0, 0.1) is 43.1 Å². The molecule has 1 aliphatic rings. The summed E-state index contributed by atoms with van der Waals surface area (Å²) < 4.78 is 53.2. The van der Waals surface area contributed by atoms with Crippen molar-refractivity contribution in [2.75, 3.05) is 11.9 Å². The Kier molecular flexibility index (Phi) is 18.4. The first kappa shape index (κ1) is 49.2. The number of ether oxygens (including phenoxy) is 5. The fourth-order valence-electron chi connectivity index (χ4n) is 4.62. The summed E-state index contributed by atoms with van der Waals surface area (Å²) in [5.41, 5.74) is -3.33. The second kappa shape index (κ2) is 21.7. The molecule has 1 fully saturated rings. The number of carbonyl (C=O) groups excluding carboxylic acids is 4. The number of halogens is 1. The molecule has 3 atom stereocenters. The summed E-state index contributed by atoms with van der Waals surface area (Å²) >= 11 is 7.81. The number of aliphatic carboxylic acids is 1. The number of amides is 1. The molecule has 0 bridgehead atoms. The maximum Gasteiger partial charge on any atom is 0.519 e. The van der Waals surface area contributed by atoms with Crippen molar-refractivity contribution in [3.05, 3.63) is 34.5 Å². The monoisotopic (exact) mass is 873 g/mol. The normalized spacial score (nSPS) is 17.5. The van der Waals surface area contributed by atoms with E-state index in [2.05, 4.69) is 50.2 Å². The number of aryl methyl sites for hydroxylation is 1. The lowest BCUT2D eigenvalue weighted by molar-refractivity contribution is -0.170. The molecule has 0 aliphatic carbocycles. The standard InChI is InChI=1S/C31H36FN5O12.C4H8O2.HPS2/c1-9-31(13-44-25(39)15(2)3)19(47-26(40)16(4)5)10-20(48-31)37-14-33-22-23(34-27(32)36-24(22)37)35-28(41)49-30(7,8)11-21(38)43-12-18-17(6)45-29(42)46-18;1-3(2)4(5)6;2-1-3/h1,14-16,19-20H,10-13H2,2-8H3,(H,34,35,36,41);3H,1-2H3,(H,5,6);(H,2,3)/t19-,20+,31+;;/m0../s1. The highest BCUT2D eigenvalue weighted by atomic mass is 32.9. The predicted molar refractivity (Wildman–Crippen MR) is 208 cm³/mol. The average molecular weight is 874 g/mol. The molecule has 1 aliphatic heterocycles. The molecule has 23 heteroatoms. The van der Waals surface area contributed by atoms with Gasteiger partial charge in [-0.15, -0.1) is 18.7 Å². The minimum Gasteiger partial charge on any atom is -0.481 e. The van der Waals surface area contributed by atoms with E-state index >= 15 is 0 Å². The highest BCUT2D eigenvalue weighted by molar-refractivity contribution is 8.49. The number of carbonyl (C=O) groups is 5. The molecule has 3 aromatic heterocycles. The van der Waals surface area contributed by atoms with Crippen LogP contribution in [0.15, 0.2) is 20.0 Å². The molecule has 58 heavy (non-hydrogen) atoms. The molecule has 0 spiro atoms. The van der Waals surface area contributed by atoms with Crippen LogP contribution in [0.1, 0.15) is 86.0 Å². The molecule has 1 saturated heterocycles. The van der Waals surface area contributed by atoms with Crippen molar-refractivity contribution < 1.29 is 66.0 Å². The number of aromatic nitrogens is 4. The van der Waals surface area contributed by atoms with Gasteiger partial charge in [-0.25, -0.2) is 14.6 Å². The number of nitrogens with one attached hydrogen (secondary N) is 1. The zero-order valence-corrected chi connectivity index (χ0v) is 35.7. The number of imidazole rings is 1. The molecule has 0 unspecified atom stereocenters. The van der Waals surface area contributed by atoms with Gasteiger partial charge in [0.05, 0.1) is 30.5 Å². The van der Waals surface area contributed by atoms with Crippen molar-refractivity contribution in [3.8, 4) is 12.3 Å². The summed E-state index contributed by atoms with van der Waals surface area (Å²) in [6.45, 7) is 14.0. The fourth-order valence-corrected chi connectivity index (χ4v) is 4.62. The quantitative estimate of drug-likeness (QED) is 0.0492. The number of fused-ring (bicyclic) bond motifs is 1. The van der Waals surface area contributed by atoms with Crippen molar-refractivity contribution in [1.82, 2.24) is 19.5 Å². The first-order chi connectivity index (χ1) is 27.0. The van der Waals surface area contributed by atoms with Crippen LogP contribution in [0.4, 0.5) is 15.0 Å². The van der Waals surface area contributed by atoms with Gasteiger partial charge < -0.3 is 37.6 Å². The third-order valence-corrected chi connectivity index (χ3v) is 7.71. The third-order valence-electron chi connectivity index (χ3n) is 7.71. The molecule has 0 saturated carbocycles. The first-order valence-electron chi connectivity index (χ1n) is 17.4. The third kappa shape index (κ3) is 14.1.